The van der Waals surface area contributed by atoms with Gasteiger partial charge in [0.25, 0.3) is 0 Å². The molecule has 19 heavy (non-hydrogen) atoms. The molecule has 0 radical (unpaired) electrons. The van der Waals surface area contributed by atoms with Gasteiger partial charge in [0.1, 0.15) is 5.75 Å². The number of rotatable bonds is 4. The van der Waals surface area contributed by atoms with E-state index in [1.54, 1.807) is 4.90 Å². The van der Waals surface area contributed by atoms with Crippen molar-refractivity contribution < 1.29 is 19.8 Å². The highest BCUT2D eigenvalue weighted by atomic mass is 16.4. The standard InChI is InChI=1S/C13H18N2O4/c1-4-15(8(2)3)13(19)14-11-6-5-9(16)7-10(11)12(17)18/h5-8,16H,4H2,1-3H3,(H,14,19)(H,17,18). The molecule has 0 aliphatic rings. The Morgan fingerprint density at radius 3 is 2.47 bits per heavy atom. The summed E-state index contributed by atoms with van der Waals surface area (Å²) in [6.07, 6.45) is 0. The number of hydrogen-bond acceptors (Lipinski definition) is 3. The molecule has 0 spiro atoms. The topological polar surface area (TPSA) is 89.9 Å². The Morgan fingerprint density at radius 1 is 1.37 bits per heavy atom. The van der Waals surface area contributed by atoms with Crippen molar-refractivity contribution in [1.29, 1.82) is 0 Å². The summed E-state index contributed by atoms with van der Waals surface area (Å²) < 4.78 is 0. The van der Waals surface area contributed by atoms with Crippen LogP contribution in [0.5, 0.6) is 5.75 Å². The summed E-state index contributed by atoms with van der Waals surface area (Å²) in [6, 6.07) is 3.43. The molecule has 0 aromatic heterocycles. The molecule has 0 bridgehead atoms. The van der Waals surface area contributed by atoms with E-state index in [1.165, 1.54) is 12.1 Å². The van der Waals surface area contributed by atoms with E-state index in [0.29, 0.717) is 6.54 Å². The number of amides is 2. The van der Waals surface area contributed by atoms with Gasteiger partial charge in [0, 0.05) is 12.6 Å². The van der Waals surface area contributed by atoms with E-state index < -0.39 is 5.97 Å². The zero-order valence-electron chi connectivity index (χ0n) is 11.2. The molecule has 0 saturated heterocycles. The molecule has 1 rings (SSSR count). The minimum atomic E-state index is -1.21. The van der Waals surface area contributed by atoms with E-state index in [0.717, 1.165) is 6.07 Å². The molecule has 6 nitrogen and oxygen atoms in total. The van der Waals surface area contributed by atoms with E-state index in [9.17, 15) is 14.7 Å². The molecule has 2 amide bonds. The second-order valence-corrected chi connectivity index (χ2v) is 4.34. The second kappa shape index (κ2) is 6.08. The molecule has 0 unspecified atom stereocenters. The van der Waals surface area contributed by atoms with Crippen molar-refractivity contribution in [3.8, 4) is 5.75 Å². The van der Waals surface area contributed by atoms with Gasteiger partial charge in [-0.1, -0.05) is 0 Å². The quantitative estimate of drug-likeness (QED) is 0.730. The van der Waals surface area contributed by atoms with Crippen molar-refractivity contribution in [1.82, 2.24) is 4.90 Å². The molecule has 0 fully saturated rings. The van der Waals surface area contributed by atoms with Gasteiger partial charge in [-0.25, -0.2) is 9.59 Å². The average Bonchev–Trinajstić information content (AvgIpc) is 2.31. The van der Waals surface area contributed by atoms with Crippen LogP contribution in [0, 0.1) is 0 Å². The third-order valence-corrected chi connectivity index (χ3v) is 2.70. The number of carbonyl (C=O) groups excluding carboxylic acids is 1. The van der Waals surface area contributed by atoms with Crippen LogP contribution < -0.4 is 5.32 Å². The highest BCUT2D eigenvalue weighted by Gasteiger charge is 2.18. The summed E-state index contributed by atoms with van der Waals surface area (Å²) in [5.41, 5.74) is 0.0163. The number of nitrogens with one attached hydrogen (secondary N) is 1. The minimum Gasteiger partial charge on any atom is -0.508 e. The van der Waals surface area contributed by atoms with Gasteiger partial charge in [0.2, 0.25) is 0 Å². The Bertz CT molecular complexity index is 486. The molecule has 6 heteroatoms. The zero-order chi connectivity index (χ0) is 14.6. The van der Waals surface area contributed by atoms with Crippen molar-refractivity contribution >= 4 is 17.7 Å². The molecule has 0 heterocycles. The molecular weight excluding hydrogens is 248 g/mol. The number of aromatic hydroxyl groups is 1. The monoisotopic (exact) mass is 266 g/mol. The number of aromatic carboxylic acids is 1. The third kappa shape index (κ3) is 3.61. The Kier molecular flexibility index (Phi) is 4.74. The first-order valence-electron chi connectivity index (χ1n) is 6.00. The molecule has 0 aliphatic heterocycles. The minimum absolute atomic E-state index is 0.00962. The van der Waals surface area contributed by atoms with E-state index in [-0.39, 0.29) is 29.1 Å². The van der Waals surface area contributed by atoms with Gasteiger partial charge in [-0.15, -0.1) is 0 Å². The summed E-state index contributed by atoms with van der Waals surface area (Å²) in [7, 11) is 0. The summed E-state index contributed by atoms with van der Waals surface area (Å²) in [5, 5.41) is 20.9. The highest BCUT2D eigenvalue weighted by Crippen LogP contribution is 2.21. The number of carbonyl (C=O) groups is 2. The van der Waals surface area contributed by atoms with Crippen LogP contribution in [0.4, 0.5) is 10.5 Å². The number of carboxylic acid groups (broad SMARTS) is 1. The van der Waals surface area contributed by atoms with Gasteiger partial charge >= 0.3 is 12.0 Å². The number of nitrogens with zero attached hydrogens (tertiary/aromatic N) is 1. The lowest BCUT2D eigenvalue weighted by atomic mass is 10.1. The van der Waals surface area contributed by atoms with Crippen molar-refractivity contribution in [3.05, 3.63) is 23.8 Å². The Labute approximate surface area is 111 Å². The molecule has 1 aromatic carbocycles. The van der Waals surface area contributed by atoms with E-state index in [2.05, 4.69) is 5.32 Å². The van der Waals surface area contributed by atoms with Gasteiger partial charge in [-0.05, 0) is 39.0 Å². The number of phenols is 1. The van der Waals surface area contributed by atoms with Crippen LogP contribution in [-0.4, -0.2) is 39.7 Å². The number of hydrogen-bond donors (Lipinski definition) is 3. The first kappa shape index (κ1) is 14.8. The normalized spacial score (nSPS) is 10.3. The molecule has 3 N–H and O–H groups in total. The fourth-order valence-corrected chi connectivity index (χ4v) is 1.75. The number of urea groups is 1. The van der Waals surface area contributed by atoms with Crippen LogP contribution in [0.2, 0.25) is 0 Å². The van der Waals surface area contributed by atoms with Gasteiger partial charge in [-0.3, -0.25) is 0 Å². The second-order valence-electron chi connectivity index (χ2n) is 4.34. The van der Waals surface area contributed by atoms with Crippen LogP contribution in [-0.2, 0) is 0 Å². The van der Waals surface area contributed by atoms with Crippen LogP contribution in [0.15, 0.2) is 18.2 Å². The smallest absolute Gasteiger partial charge is 0.337 e. The van der Waals surface area contributed by atoms with Crippen molar-refractivity contribution in [2.24, 2.45) is 0 Å². The SMILES string of the molecule is CCN(C(=O)Nc1ccc(O)cc1C(=O)O)C(C)C. The highest BCUT2D eigenvalue weighted by molar-refractivity contribution is 6.00. The van der Waals surface area contributed by atoms with Crippen LogP contribution in [0.1, 0.15) is 31.1 Å². The predicted molar refractivity (Wildman–Crippen MR) is 71.6 cm³/mol. The fraction of sp³-hybridized carbons (Fsp3) is 0.385. The Balaban J connectivity index is 2.99. The van der Waals surface area contributed by atoms with Crippen LogP contribution >= 0.6 is 0 Å². The van der Waals surface area contributed by atoms with Gasteiger partial charge in [-0.2, -0.15) is 0 Å². The molecular formula is C13H18N2O4. The lowest BCUT2D eigenvalue weighted by molar-refractivity contribution is 0.0697. The third-order valence-electron chi connectivity index (χ3n) is 2.70. The lowest BCUT2D eigenvalue weighted by Crippen LogP contribution is -2.40. The van der Waals surface area contributed by atoms with Gasteiger partial charge in [0.15, 0.2) is 0 Å². The van der Waals surface area contributed by atoms with Gasteiger partial charge < -0.3 is 20.4 Å². The first-order chi connectivity index (χ1) is 8.86. The summed E-state index contributed by atoms with van der Waals surface area (Å²) in [5.74, 6) is -1.37. The molecule has 0 aliphatic carbocycles. The van der Waals surface area contributed by atoms with E-state index in [1.807, 2.05) is 20.8 Å². The van der Waals surface area contributed by atoms with Gasteiger partial charge in [0.05, 0.1) is 11.3 Å². The lowest BCUT2D eigenvalue weighted by Gasteiger charge is -2.25. The summed E-state index contributed by atoms with van der Waals surface area (Å²) in [4.78, 5) is 24.6. The maximum atomic E-state index is 12.0. The van der Waals surface area contributed by atoms with Crippen LogP contribution in [0.25, 0.3) is 0 Å². The molecule has 0 atom stereocenters. The molecule has 1 aromatic rings. The Hall–Kier alpha value is -2.24. The summed E-state index contributed by atoms with van der Waals surface area (Å²) in [6.45, 7) is 6.11. The van der Waals surface area contributed by atoms with Crippen molar-refractivity contribution in [3.63, 3.8) is 0 Å². The average molecular weight is 266 g/mol. The van der Waals surface area contributed by atoms with E-state index >= 15 is 0 Å². The number of benzene rings is 1. The van der Waals surface area contributed by atoms with Crippen LogP contribution in [0.3, 0.4) is 0 Å². The number of anilines is 1. The predicted octanol–water partition coefficient (Wildman–Crippen LogP) is 2.35. The number of phenolic OH excluding ortho intramolecular Hbond substituents is 1. The van der Waals surface area contributed by atoms with Crippen molar-refractivity contribution in [2.75, 3.05) is 11.9 Å². The number of carboxylic acids is 1. The maximum Gasteiger partial charge on any atom is 0.337 e. The zero-order valence-corrected chi connectivity index (χ0v) is 11.2. The first-order valence-corrected chi connectivity index (χ1v) is 6.00. The summed E-state index contributed by atoms with van der Waals surface area (Å²) >= 11 is 0. The molecule has 0 saturated carbocycles. The maximum absolute atomic E-state index is 12.0. The molecule has 104 valence electrons. The largest absolute Gasteiger partial charge is 0.508 e. The van der Waals surface area contributed by atoms with Crippen molar-refractivity contribution in [2.45, 2.75) is 26.8 Å². The van der Waals surface area contributed by atoms with E-state index in [4.69, 9.17) is 5.11 Å². The fourth-order valence-electron chi connectivity index (χ4n) is 1.75. The Morgan fingerprint density at radius 2 is 2.00 bits per heavy atom.